The molecule has 1 fully saturated rings. The molecule has 0 radical (unpaired) electrons. The number of nitrogens with zero attached hydrogens (tertiary/aromatic N) is 3. The fourth-order valence-corrected chi connectivity index (χ4v) is 4.01. The Kier molecular flexibility index (Phi) is 8.14. The van der Waals surface area contributed by atoms with Gasteiger partial charge in [-0.1, -0.05) is 18.2 Å². The number of nitrogens with one attached hydrogen (secondary N) is 2. The first-order valence-corrected chi connectivity index (χ1v) is 11.0. The molecule has 0 spiro atoms. The Balaban J connectivity index is 1.87. The third kappa shape index (κ3) is 6.49. The average molecular weight is 436 g/mol. The Bertz CT molecular complexity index is 763. The van der Waals surface area contributed by atoms with Gasteiger partial charge in [-0.25, -0.2) is 8.42 Å². The van der Waals surface area contributed by atoms with Crippen molar-refractivity contribution in [3.63, 3.8) is 0 Å². The molecular formula is C18H28F3N5O2S. The number of sulfonamides is 1. The number of hydrogen-bond donors (Lipinski definition) is 2. The van der Waals surface area contributed by atoms with Crippen LogP contribution in [0.2, 0.25) is 0 Å². The van der Waals surface area contributed by atoms with Gasteiger partial charge in [-0.3, -0.25) is 4.99 Å². The van der Waals surface area contributed by atoms with E-state index in [1.807, 2.05) is 44.3 Å². The molecule has 0 atom stereocenters. The zero-order valence-corrected chi connectivity index (χ0v) is 17.4. The van der Waals surface area contributed by atoms with Crippen LogP contribution in [0.4, 0.5) is 18.9 Å². The molecular weight excluding hydrogens is 407 g/mol. The maximum Gasteiger partial charge on any atom is 0.511 e. The number of benzene rings is 1. The van der Waals surface area contributed by atoms with Crippen molar-refractivity contribution < 1.29 is 21.6 Å². The predicted molar refractivity (Wildman–Crippen MR) is 108 cm³/mol. The summed E-state index contributed by atoms with van der Waals surface area (Å²) in [6.07, 6.45) is 0.563. The largest absolute Gasteiger partial charge is 0.511 e. The van der Waals surface area contributed by atoms with Crippen LogP contribution in [0.1, 0.15) is 19.8 Å². The molecule has 1 aliphatic heterocycles. The Morgan fingerprint density at radius 1 is 1.24 bits per heavy atom. The van der Waals surface area contributed by atoms with Crippen molar-refractivity contribution in [3.8, 4) is 0 Å². The molecule has 7 nitrogen and oxygen atoms in total. The fourth-order valence-electron chi connectivity index (χ4n) is 3.02. The van der Waals surface area contributed by atoms with Gasteiger partial charge in [-0.2, -0.15) is 17.5 Å². The molecule has 0 bridgehead atoms. The molecule has 0 aliphatic carbocycles. The topological polar surface area (TPSA) is 77.0 Å². The van der Waals surface area contributed by atoms with Crippen LogP contribution in [-0.2, 0) is 10.0 Å². The number of aliphatic imine (C=N–C) groups is 1. The smallest absolute Gasteiger partial charge is 0.373 e. The van der Waals surface area contributed by atoms with Gasteiger partial charge in [0, 0.05) is 45.0 Å². The number of para-hydroxylation sites is 1. The van der Waals surface area contributed by atoms with Crippen molar-refractivity contribution in [2.24, 2.45) is 4.99 Å². The molecule has 1 aromatic carbocycles. The Labute approximate surface area is 170 Å². The van der Waals surface area contributed by atoms with E-state index < -0.39 is 15.5 Å². The highest BCUT2D eigenvalue weighted by atomic mass is 32.2. The summed E-state index contributed by atoms with van der Waals surface area (Å²) in [5, 5.41) is 6.32. The van der Waals surface area contributed by atoms with E-state index in [9.17, 15) is 21.6 Å². The summed E-state index contributed by atoms with van der Waals surface area (Å²) in [5.41, 5.74) is -4.17. The van der Waals surface area contributed by atoms with Gasteiger partial charge >= 0.3 is 15.5 Å². The second kappa shape index (κ2) is 10.1. The average Bonchev–Trinajstić information content (AvgIpc) is 2.68. The van der Waals surface area contributed by atoms with Crippen LogP contribution < -0.4 is 15.5 Å². The maximum atomic E-state index is 12.7. The first-order valence-electron chi connectivity index (χ1n) is 9.52. The quantitative estimate of drug-likeness (QED) is 0.506. The van der Waals surface area contributed by atoms with Crippen LogP contribution >= 0.6 is 0 Å². The van der Waals surface area contributed by atoms with Crippen LogP contribution in [-0.4, -0.2) is 70.0 Å². The number of halogens is 3. The van der Waals surface area contributed by atoms with E-state index in [2.05, 4.69) is 20.5 Å². The summed E-state index contributed by atoms with van der Waals surface area (Å²) in [7, 11) is -3.28. The minimum atomic E-state index is -5.26. The Morgan fingerprint density at radius 3 is 2.41 bits per heavy atom. The Morgan fingerprint density at radius 2 is 1.86 bits per heavy atom. The number of alkyl halides is 3. The molecule has 0 saturated carbocycles. The number of guanidine groups is 1. The van der Waals surface area contributed by atoms with Gasteiger partial charge in [0.15, 0.2) is 5.96 Å². The van der Waals surface area contributed by atoms with Crippen LogP contribution in [0, 0.1) is 0 Å². The van der Waals surface area contributed by atoms with E-state index in [4.69, 9.17) is 0 Å². The number of likely N-dealkylation sites (N-methyl/N-ethyl adjacent to an activating group) is 1. The number of rotatable bonds is 7. The van der Waals surface area contributed by atoms with Gasteiger partial charge in [-0.15, -0.1) is 0 Å². The molecule has 0 unspecified atom stereocenters. The van der Waals surface area contributed by atoms with Gasteiger partial charge in [0.25, 0.3) is 0 Å². The summed E-state index contributed by atoms with van der Waals surface area (Å²) in [5.74, 6) is 0.575. The molecule has 0 amide bonds. The minimum absolute atomic E-state index is 0.140. The molecule has 1 saturated heterocycles. The van der Waals surface area contributed by atoms with Gasteiger partial charge in [0.2, 0.25) is 0 Å². The minimum Gasteiger partial charge on any atom is -0.373 e. The van der Waals surface area contributed by atoms with E-state index in [-0.39, 0.29) is 32.0 Å². The molecule has 2 N–H and O–H groups in total. The van der Waals surface area contributed by atoms with Crippen LogP contribution in [0.15, 0.2) is 35.3 Å². The van der Waals surface area contributed by atoms with Gasteiger partial charge in [-0.05, 0) is 31.9 Å². The fraction of sp³-hybridized carbons (Fsp3) is 0.611. The summed E-state index contributed by atoms with van der Waals surface area (Å²) in [6, 6.07) is 9.76. The molecule has 1 aliphatic rings. The van der Waals surface area contributed by atoms with Gasteiger partial charge in [0.05, 0.1) is 6.54 Å². The zero-order chi connectivity index (χ0) is 21.5. The molecule has 1 heterocycles. The number of anilines is 1. The van der Waals surface area contributed by atoms with Crippen molar-refractivity contribution in [2.75, 3.05) is 44.7 Å². The van der Waals surface area contributed by atoms with E-state index in [1.165, 1.54) is 0 Å². The summed E-state index contributed by atoms with van der Waals surface area (Å²) >= 11 is 0. The number of piperidine rings is 1. The van der Waals surface area contributed by atoms with Crippen molar-refractivity contribution in [1.82, 2.24) is 14.9 Å². The highest BCUT2D eigenvalue weighted by Gasteiger charge is 2.50. The van der Waals surface area contributed by atoms with Crippen molar-refractivity contribution in [3.05, 3.63) is 30.3 Å². The van der Waals surface area contributed by atoms with Gasteiger partial charge < -0.3 is 15.5 Å². The third-order valence-electron chi connectivity index (χ3n) is 4.67. The Hall–Kier alpha value is -2.01. The zero-order valence-electron chi connectivity index (χ0n) is 16.6. The molecule has 1 aromatic rings. The van der Waals surface area contributed by atoms with Crippen molar-refractivity contribution in [1.29, 1.82) is 0 Å². The normalized spacial score (nSPS) is 17.2. The van der Waals surface area contributed by atoms with E-state index >= 15 is 0 Å². The lowest BCUT2D eigenvalue weighted by Gasteiger charge is -2.32. The maximum absolute atomic E-state index is 12.7. The lowest BCUT2D eigenvalue weighted by Crippen LogP contribution is -2.51. The van der Waals surface area contributed by atoms with E-state index in [0.29, 0.717) is 29.9 Å². The van der Waals surface area contributed by atoms with Crippen molar-refractivity contribution >= 4 is 21.7 Å². The SMILES string of the molecule is CCNC(=NCCN(C)c1ccccc1)NC1CCN(S(=O)(=O)C(F)(F)F)CC1. The number of hydrogen-bond acceptors (Lipinski definition) is 4. The third-order valence-corrected chi connectivity index (χ3v) is 6.30. The molecule has 11 heteroatoms. The summed E-state index contributed by atoms with van der Waals surface area (Å²) in [4.78, 5) is 6.60. The first kappa shape index (κ1) is 23.3. The second-order valence-electron chi connectivity index (χ2n) is 6.79. The van der Waals surface area contributed by atoms with E-state index in [1.54, 1.807) is 0 Å². The second-order valence-corrected chi connectivity index (χ2v) is 8.72. The lowest BCUT2D eigenvalue weighted by atomic mass is 10.1. The predicted octanol–water partition coefficient (Wildman–Crippen LogP) is 1.99. The monoisotopic (exact) mass is 435 g/mol. The molecule has 29 heavy (non-hydrogen) atoms. The van der Waals surface area contributed by atoms with Crippen LogP contribution in [0.25, 0.3) is 0 Å². The van der Waals surface area contributed by atoms with Crippen LogP contribution in [0.5, 0.6) is 0 Å². The van der Waals surface area contributed by atoms with Crippen molar-refractivity contribution in [2.45, 2.75) is 31.3 Å². The molecule has 0 aromatic heterocycles. The lowest BCUT2D eigenvalue weighted by molar-refractivity contribution is -0.0494. The van der Waals surface area contributed by atoms with E-state index in [0.717, 1.165) is 5.69 Å². The molecule has 2 rings (SSSR count). The summed E-state index contributed by atoms with van der Waals surface area (Å²) in [6.45, 7) is 3.45. The highest BCUT2D eigenvalue weighted by molar-refractivity contribution is 7.90. The molecule has 164 valence electrons. The van der Waals surface area contributed by atoms with Crippen LogP contribution in [0.3, 0.4) is 0 Å². The standard InChI is InChI=1S/C18H28F3N5O2S/c1-3-22-17(23-11-14-25(2)16-7-5-4-6-8-16)24-15-9-12-26(13-10-15)29(27,28)18(19,20)21/h4-8,15H,3,9-14H2,1-2H3,(H2,22,23,24). The first-order chi connectivity index (χ1) is 13.6. The van der Waals surface area contributed by atoms with Gasteiger partial charge in [0.1, 0.15) is 0 Å². The highest BCUT2D eigenvalue weighted by Crippen LogP contribution is 2.28. The summed E-state index contributed by atoms with van der Waals surface area (Å²) < 4.78 is 61.5.